The molecule has 0 radical (unpaired) electrons. The molecule has 4 atom stereocenters. The molecular weight excluding hydrogens is 290 g/mol. The van der Waals surface area contributed by atoms with Gasteiger partial charge in [0.05, 0.1) is 22.5 Å². The fourth-order valence-corrected chi connectivity index (χ4v) is 3.74. The number of hydrogen-bond donors (Lipinski definition) is 2. The molecule has 0 spiro atoms. The second-order valence-electron chi connectivity index (χ2n) is 5.81. The molecule has 0 aliphatic heterocycles. The number of benzene rings is 1. The second-order valence-corrected chi connectivity index (χ2v) is 6.22. The zero-order chi connectivity index (χ0) is 15.1. The van der Waals surface area contributed by atoms with Gasteiger partial charge in [-0.1, -0.05) is 29.8 Å². The summed E-state index contributed by atoms with van der Waals surface area (Å²) in [5.74, 6) is -2.33. The quantitative estimate of drug-likeness (QED) is 0.843. The van der Waals surface area contributed by atoms with Crippen molar-refractivity contribution in [2.45, 2.75) is 13.3 Å². The Balaban J connectivity index is 1.82. The van der Waals surface area contributed by atoms with Crippen LogP contribution in [0.3, 0.4) is 0 Å². The third-order valence-corrected chi connectivity index (χ3v) is 4.74. The number of allylic oxidation sites excluding steroid dienone is 2. The Bertz CT molecular complexity index is 640. The van der Waals surface area contributed by atoms with Crippen molar-refractivity contribution in [1.29, 1.82) is 0 Å². The van der Waals surface area contributed by atoms with Crippen molar-refractivity contribution >= 4 is 29.2 Å². The first-order chi connectivity index (χ1) is 9.97. The molecule has 2 bridgehead atoms. The number of aryl methyl sites for hydroxylation is 1. The summed E-state index contributed by atoms with van der Waals surface area (Å²) in [5, 5.41) is 12.6. The van der Waals surface area contributed by atoms with Crippen LogP contribution < -0.4 is 5.32 Å². The summed E-state index contributed by atoms with van der Waals surface area (Å²) in [5.41, 5.74) is 1.53. The van der Waals surface area contributed by atoms with Gasteiger partial charge in [-0.05, 0) is 42.9 Å². The van der Waals surface area contributed by atoms with Crippen LogP contribution >= 0.6 is 11.6 Å². The normalized spacial score (nSPS) is 29.6. The van der Waals surface area contributed by atoms with E-state index in [2.05, 4.69) is 5.32 Å². The van der Waals surface area contributed by atoms with E-state index in [4.69, 9.17) is 11.6 Å². The lowest BCUT2D eigenvalue weighted by Gasteiger charge is -2.24. The third-order valence-electron chi connectivity index (χ3n) is 4.43. The molecule has 110 valence electrons. The van der Waals surface area contributed by atoms with Crippen LogP contribution in [0.1, 0.15) is 12.0 Å². The predicted octanol–water partition coefficient (Wildman–Crippen LogP) is 3.11. The molecular formula is C16H16ClNO3. The second kappa shape index (κ2) is 5.19. The van der Waals surface area contributed by atoms with Gasteiger partial charge in [0.1, 0.15) is 0 Å². The van der Waals surface area contributed by atoms with Crippen LogP contribution in [0.5, 0.6) is 0 Å². The molecule has 4 nitrogen and oxygen atoms in total. The molecule has 0 heterocycles. The molecule has 1 fully saturated rings. The first-order valence-electron chi connectivity index (χ1n) is 6.95. The van der Waals surface area contributed by atoms with Crippen molar-refractivity contribution in [3.63, 3.8) is 0 Å². The van der Waals surface area contributed by atoms with Crippen LogP contribution in [0.25, 0.3) is 0 Å². The first kappa shape index (κ1) is 14.1. The predicted molar refractivity (Wildman–Crippen MR) is 80.2 cm³/mol. The molecule has 2 N–H and O–H groups in total. The number of anilines is 1. The number of carbonyl (C=O) groups excluding carboxylic acids is 1. The Kier molecular flexibility index (Phi) is 3.49. The Morgan fingerprint density at radius 2 is 1.90 bits per heavy atom. The van der Waals surface area contributed by atoms with E-state index in [1.807, 2.05) is 25.1 Å². The van der Waals surface area contributed by atoms with Crippen molar-refractivity contribution in [2.75, 3.05) is 5.32 Å². The number of nitrogens with one attached hydrogen (secondary N) is 1. The smallest absolute Gasteiger partial charge is 0.307 e. The van der Waals surface area contributed by atoms with Crippen LogP contribution in [0.2, 0.25) is 5.02 Å². The number of halogens is 1. The number of carbonyl (C=O) groups is 2. The average molecular weight is 306 g/mol. The summed E-state index contributed by atoms with van der Waals surface area (Å²) in [6.45, 7) is 1.92. The lowest BCUT2D eigenvalue weighted by atomic mass is 9.82. The van der Waals surface area contributed by atoms with Gasteiger partial charge in [0.15, 0.2) is 0 Å². The molecule has 1 amide bonds. The molecule has 5 heteroatoms. The monoisotopic (exact) mass is 305 g/mol. The van der Waals surface area contributed by atoms with Crippen molar-refractivity contribution in [1.82, 2.24) is 0 Å². The maximum absolute atomic E-state index is 12.5. The van der Waals surface area contributed by atoms with Crippen molar-refractivity contribution in [3.8, 4) is 0 Å². The number of fused-ring (bicyclic) bond motifs is 2. The minimum atomic E-state index is -0.901. The Morgan fingerprint density at radius 1 is 1.24 bits per heavy atom. The maximum Gasteiger partial charge on any atom is 0.307 e. The topological polar surface area (TPSA) is 66.4 Å². The van der Waals surface area contributed by atoms with Gasteiger partial charge in [0.25, 0.3) is 0 Å². The first-order valence-corrected chi connectivity index (χ1v) is 7.33. The molecule has 0 saturated heterocycles. The third kappa shape index (κ3) is 2.44. The van der Waals surface area contributed by atoms with E-state index in [-0.39, 0.29) is 17.7 Å². The Hall–Kier alpha value is -1.81. The summed E-state index contributed by atoms with van der Waals surface area (Å²) in [7, 11) is 0. The molecule has 3 rings (SSSR count). The molecule has 0 aromatic heterocycles. The van der Waals surface area contributed by atoms with Crippen molar-refractivity contribution in [2.24, 2.45) is 23.7 Å². The molecule has 2 aliphatic rings. The minimum absolute atomic E-state index is 0.0142. The van der Waals surface area contributed by atoms with E-state index in [9.17, 15) is 14.7 Å². The van der Waals surface area contributed by atoms with Crippen molar-refractivity contribution in [3.05, 3.63) is 40.9 Å². The summed E-state index contributed by atoms with van der Waals surface area (Å²) in [4.78, 5) is 23.9. The highest BCUT2D eigenvalue weighted by atomic mass is 35.5. The molecule has 1 aromatic carbocycles. The molecule has 21 heavy (non-hydrogen) atoms. The van der Waals surface area contributed by atoms with E-state index < -0.39 is 17.8 Å². The Labute approximate surface area is 127 Å². The van der Waals surface area contributed by atoms with Gasteiger partial charge in [-0.15, -0.1) is 0 Å². The summed E-state index contributed by atoms with van der Waals surface area (Å²) >= 11 is 6.11. The molecule has 2 aliphatic carbocycles. The van der Waals surface area contributed by atoms with Gasteiger partial charge >= 0.3 is 5.97 Å². The van der Waals surface area contributed by atoms with E-state index in [0.717, 1.165) is 12.0 Å². The summed E-state index contributed by atoms with van der Waals surface area (Å²) < 4.78 is 0. The standard InChI is InChI=1S/C16H16ClNO3/c1-8-2-5-12(11(17)6-8)18-15(19)13-9-3-4-10(7-9)14(13)16(20)21/h2-6,9-10,13-14H,7H2,1H3,(H,18,19)(H,20,21)/t9?,10?,13-,14+/m0/s1. The number of hydrogen-bond acceptors (Lipinski definition) is 2. The van der Waals surface area contributed by atoms with Crippen LogP contribution in [-0.2, 0) is 9.59 Å². The van der Waals surface area contributed by atoms with E-state index >= 15 is 0 Å². The largest absolute Gasteiger partial charge is 0.481 e. The van der Waals surface area contributed by atoms with Crippen LogP contribution in [-0.4, -0.2) is 17.0 Å². The lowest BCUT2D eigenvalue weighted by Crippen LogP contribution is -2.36. The number of rotatable bonds is 3. The van der Waals surface area contributed by atoms with Gasteiger partial charge in [0, 0.05) is 0 Å². The molecule has 1 saturated carbocycles. The van der Waals surface area contributed by atoms with Gasteiger partial charge in [-0.3, -0.25) is 9.59 Å². The molecule has 1 aromatic rings. The summed E-state index contributed by atoms with van der Waals surface area (Å²) in [6.07, 6.45) is 4.63. The van der Waals surface area contributed by atoms with Crippen LogP contribution in [0, 0.1) is 30.6 Å². The van der Waals surface area contributed by atoms with E-state index in [1.165, 1.54) is 0 Å². The van der Waals surface area contributed by atoms with Crippen molar-refractivity contribution < 1.29 is 14.7 Å². The maximum atomic E-state index is 12.5. The number of carboxylic acids is 1. The lowest BCUT2D eigenvalue weighted by molar-refractivity contribution is -0.146. The number of amides is 1. The zero-order valence-electron chi connectivity index (χ0n) is 11.5. The fourth-order valence-electron chi connectivity index (χ4n) is 3.45. The van der Waals surface area contributed by atoms with Gasteiger partial charge in [-0.25, -0.2) is 0 Å². The highest BCUT2D eigenvalue weighted by Crippen LogP contribution is 2.48. The summed E-state index contributed by atoms with van der Waals surface area (Å²) in [6, 6.07) is 5.37. The van der Waals surface area contributed by atoms with Gasteiger partial charge in [0.2, 0.25) is 5.91 Å². The van der Waals surface area contributed by atoms with Crippen LogP contribution in [0.4, 0.5) is 5.69 Å². The van der Waals surface area contributed by atoms with Crippen LogP contribution in [0.15, 0.2) is 30.4 Å². The number of aliphatic carboxylic acids is 1. The highest BCUT2D eigenvalue weighted by molar-refractivity contribution is 6.33. The Morgan fingerprint density at radius 3 is 2.52 bits per heavy atom. The highest BCUT2D eigenvalue weighted by Gasteiger charge is 2.51. The minimum Gasteiger partial charge on any atom is -0.481 e. The SMILES string of the molecule is Cc1ccc(NC(=O)[C@H]2C3C=CC(C3)[C@H]2C(=O)O)c(Cl)c1. The van der Waals surface area contributed by atoms with E-state index in [1.54, 1.807) is 12.1 Å². The van der Waals surface area contributed by atoms with Gasteiger partial charge < -0.3 is 10.4 Å². The average Bonchev–Trinajstić information content (AvgIpc) is 3.02. The van der Waals surface area contributed by atoms with E-state index in [0.29, 0.717) is 10.7 Å². The fraction of sp³-hybridized carbons (Fsp3) is 0.375. The number of carboxylic acid groups (broad SMARTS) is 1. The zero-order valence-corrected chi connectivity index (χ0v) is 12.3. The van der Waals surface area contributed by atoms with Gasteiger partial charge in [-0.2, -0.15) is 0 Å². The molecule has 2 unspecified atom stereocenters.